The largest absolute Gasteiger partial charge is 0.350 e. The molecule has 5 heteroatoms. The number of fused-ring (bicyclic) bond motifs is 1. The van der Waals surface area contributed by atoms with Crippen molar-refractivity contribution >= 4 is 5.91 Å². The first kappa shape index (κ1) is 22.1. The highest BCUT2D eigenvalue weighted by molar-refractivity contribution is 5.80. The molecule has 2 aliphatic rings. The third kappa shape index (κ3) is 5.18. The lowest BCUT2D eigenvalue weighted by Gasteiger charge is -2.40. The predicted octanol–water partition coefficient (Wildman–Crippen LogP) is 4.24. The summed E-state index contributed by atoms with van der Waals surface area (Å²) in [4.78, 5) is 15.4. The topological polar surface area (TPSA) is 79.9 Å². The number of carbonyl (C=O) groups excluding carboxylic acids is 1. The second kappa shape index (κ2) is 9.98. The Morgan fingerprint density at radius 1 is 1.03 bits per heavy atom. The number of hydrogen-bond donors (Lipinski definition) is 1. The smallest absolute Gasteiger partial charge is 0.224 e. The third-order valence-electron chi connectivity index (χ3n) is 7.04. The van der Waals surface area contributed by atoms with E-state index in [0.717, 1.165) is 69.3 Å². The van der Waals surface area contributed by atoms with Gasteiger partial charge in [0.05, 0.1) is 29.7 Å². The van der Waals surface area contributed by atoms with E-state index >= 15 is 0 Å². The van der Waals surface area contributed by atoms with Gasteiger partial charge in [0.1, 0.15) is 0 Å². The van der Waals surface area contributed by atoms with Crippen molar-refractivity contribution in [2.75, 3.05) is 13.1 Å². The zero-order chi connectivity index (χ0) is 22.4. The Balaban J connectivity index is 1.39. The summed E-state index contributed by atoms with van der Waals surface area (Å²) < 4.78 is 0. The van der Waals surface area contributed by atoms with Crippen LogP contribution in [0.25, 0.3) is 0 Å². The average molecular weight is 427 g/mol. The molecule has 0 unspecified atom stereocenters. The van der Waals surface area contributed by atoms with Crippen LogP contribution in [0.15, 0.2) is 42.5 Å². The van der Waals surface area contributed by atoms with E-state index in [9.17, 15) is 10.1 Å². The second-order valence-electron chi connectivity index (χ2n) is 9.21. The van der Waals surface area contributed by atoms with Gasteiger partial charge >= 0.3 is 0 Å². The Morgan fingerprint density at radius 3 is 2.62 bits per heavy atom. The monoisotopic (exact) mass is 426 g/mol. The summed E-state index contributed by atoms with van der Waals surface area (Å²) in [5.41, 5.74) is 4.55. The molecule has 1 amide bonds. The van der Waals surface area contributed by atoms with Crippen LogP contribution < -0.4 is 5.32 Å². The van der Waals surface area contributed by atoms with Crippen molar-refractivity contribution in [3.8, 4) is 12.1 Å². The fraction of sp³-hybridized carbons (Fsp3) is 0.444. The minimum atomic E-state index is -0.151. The van der Waals surface area contributed by atoms with Crippen molar-refractivity contribution in [2.45, 2.75) is 63.5 Å². The quantitative estimate of drug-likeness (QED) is 0.749. The lowest BCUT2D eigenvalue weighted by Crippen LogP contribution is -2.52. The van der Waals surface area contributed by atoms with E-state index < -0.39 is 0 Å². The summed E-state index contributed by atoms with van der Waals surface area (Å²) in [5, 5.41) is 21.9. The van der Waals surface area contributed by atoms with Gasteiger partial charge in [0.15, 0.2) is 0 Å². The summed E-state index contributed by atoms with van der Waals surface area (Å²) in [6.07, 6.45) is 7.74. The standard InChI is InChI=1S/C27H30N4O/c28-18-21-8-9-25-20-31(14-10-23(25)16-21)15-13-27(11-4-1-5-12-27)30-26(32)17-22-6-2-3-7-24(22)19-29/h2-3,6-9,16H,1,4-5,10-15,17,20H2,(H,30,32). The first-order chi connectivity index (χ1) is 15.6. The maximum absolute atomic E-state index is 13.0. The van der Waals surface area contributed by atoms with Gasteiger partial charge in [-0.15, -0.1) is 0 Å². The molecule has 1 aliphatic heterocycles. The molecule has 0 radical (unpaired) electrons. The molecular formula is C27H30N4O. The Labute approximate surface area is 190 Å². The number of nitriles is 2. The highest BCUT2D eigenvalue weighted by Crippen LogP contribution is 2.32. The predicted molar refractivity (Wildman–Crippen MR) is 124 cm³/mol. The summed E-state index contributed by atoms with van der Waals surface area (Å²) in [7, 11) is 0. The van der Waals surface area contributed by atoms with E-state index in [1.807, 2.05) is 30.3 Å². The van der Waals surface area contributed by atoms with Crippen LogP contribution in [0.2, 0.25) is 0 Å². The van der Waals surface area contributed by atoms with Crippen LogP contribution in [0.3, 0.4) is 0 Å². The number of rotatable bonds is 6. The van der Waals surface area contributed by atoms with Crippen LogP contribution in [0, 0.1) is 22.7 Å². The van der Waals surface area contributed by atoms with Gasteiger partial charge in [0.2, 0.25) is 5.91 Å². The summed E-state index contributed by atoms with van der Waals surface area (Å²) >= 11 is 0. The summed E-state index contributed by atoms with van der Waals surface area (Å²) in [6.45, 7) is 2.84. The lowest BCUT2D eigenvalue weighted by molar-refractivity contribution is -0.123. The molecule has 2 aromatic carbocycles. The molecular weight excluding hydrogens is 396 g/mol. The molecule has 164 valence electrons. The molecule has 0 aromatic heterocycles. The van der Waals surface area contributed by atoms with Crippen LogP contribution in [-0.2, 0) is 24.2 Å². The van der Waals surface area contributed by atoms with Crippen LogP contribution in [0.1, 0.15) is 66.3 Å². The normalized spacial score (nSPS) is 17.6. The number of nitrogens with one attached hydrogen (secondary N) is 1. The lowest BCUT2D eigenvalue weighted by atomic mass is 9.78. The summed E-state index contributed by atoms with van der Waals surface area (Å²) in [6, 6.07) is 17.8. The maximum Gasteiger partial charge on any atom is 0.224 e. The number of hydrogen-bond acceptors (Lipinski definition) is 4. The summed E-state index contributed by atoms with van der Waals surface area (Å²) in [5.74, 6) is 0.0163. The zero-order valence-corrected chi connectivity index (χ0v) is 18.6. The number of carbonyl (C=O) groups is 1. The first-order valence-corrected chi connectivity index (χ1v) is 11.6. The first-order valence-electron chi connectivity index (χ1n) is 11.6. The molecule has 1 heterocycles. The molecule has 0 bridgehead atoms. The molecule has 5 nitrogen and oxygen atoms in total. The second-order valence-corrected chi connectivity index (χ2v) is 9.21. The Hall–Kier alpha value is -3.15. The maximum atomic E-state index is 13.0. The van der Waals surface area contributed by atoms with E-state index in [2.05, 4.69) is 28.4 Å². The molecule has 1 N–H and O–H groups in total. The molecule has 1 fully saturated rings. The van der Waals surface area contributed by atoms with E-state index in [1.54, 1.807) is 6.07 Å². The van der Waals surface area contributed by atoms with E-state index in [-0.39, 0.29) is 17.9 Å². The molecule has 1 aliphatic carbocycles. The van der Waals surface area contributed by atoms with Crippen LogP contribution in [0.4, 0.5) is 0 Å². The van der Waals surface area contributed by atoms with Gasteiger partial charge < -0.3 is 5.32 Å². The van der Waals surface area contributed by atoms with Gasteiger partial charge in [-0.05, 0) is 60.6 Å². The number of benzene rings is 2. The molecule has 0 spiro atoms. The van der Waals surface area contributed by atoms with E-state index in [4.69, 9.17) is 5.26 Å². The molecule has 2 aromatic rings. The fourth-order valence-corrected chi connectivity index (χ4v) is 5.21. The number of amides is 1. The van der Waals surface area contributed by atoms with Crippen molar-refractivity contribution in [1.82, 2.24) is 10.2 Å². The number of nitrogens with zero attached hydrogens (tertiary/aromatic N) is 3. The zero-order valence-electron chi connectivity index (χ0n) is 18.6. The van der Waals surface area contributed by atoms with Crippen LogP contribution >= 0.6 is 0 Å². The van der Waals surface area contributed by atoms with Gasteiger partial charge in [-0.1, -0.05) is 43.5 Å². The van der Waals surface area contributed by atoms with E-state index in [0.29, 0.717) is 5.56 Å². The Kier molecular flexibility index (Phi) is 6.88. The minimum Gasteiger partial charge on any atom is -0.350 e. The van der Waals surface area contributed by atoms with Gasteiger partial charge in [-0.2, -0.15) is 10.5 Å². The van der Waals surface area contributed by atoms with Crippen LogP contribution in [-0.4, -0.2) is 29.4 Å². The molecule has 0 atom stereocenters. The van der Waals surface area contributed by atoms with Crippen molar-refractivity contribution in [2.24, 2.45) is 0 Å². The van der Waals surface area contributed by atoms with Crippen LogP contribution in [0.5, 0.6) is 0 Å². The third-order valence-corrected chi connectivity index (χ3v) is 7.04. The highest BCUT2D eigenvalue weighted by atomic mass is 16.1. The van der Waals surface area contributed by atoms with Crippen molar-refractivity contribution < 1.29 is 4.79 Å². The van der Waals surface area contributed by atoms with Crippen molar-refractivity contribution in [1.29, 1.82) is 10.5 Å². The molecule has 0 saturated heterocycles. The van der Waals surface area contributed by atoms with Gasteiger partial charge in [0.25, 0.3) is 0 Å². The van der Waals surface area contributed by atoms with Gasteiger partial charge in [-0.25, -0.2) is 0 Å². The molecule has 1 saturated carbocycles. The highest BCUT2D eigenvalue weighted by Gasteiger charge is 2.34. The van der Waals surface area contributed by atoms with E-state index in [1.165, 1.54) is 17.5 Å². The minimum absolute atomic E-state index is 0.0163. The molecule has 4 rings (SSSR count). The fourth-order valence-electron chi connectivity index (χ4n) is 5.21. The average Bonchev–Trinajstić information content (AvgIpc) is 2.83. The SMILES string of the molecule is N#Cc1ccc2c(c1)CCN(CCC1(NC(=O)Cc3ccccc3C#N)CCCCC1)C2. The Bertz CT molecular complexity index is 1060. The van der Waals surface area contributed by atoms with Gasteiger partial charge in [-0.3, -0.25) is 9.69 Å². The van der Waals surface area contributed by atoms with Crippen molar-refractivity contribution in [3.63, 3.8) is 0 Å². The molecule has 32 heavy (non-hydrogen) atoms. The van der Waals surface area contributed by atoms with Crippen molar-refractivity contribution in [3.05, 3.63) is 70.3 Å². The van der Waals surface area contributed by atoms with Gasteiger partial charge in [0, 0.05) is 25.2 Å². The Morgan fingerprint density at radius 2 is 1.84 bits per heavy atom.